The molecular weight excluding hydrogens is 341 g/mol. The molecular formula is C18H28FN3O2S. The summed E-state index contributed by atoms with van der Waals surface area (Å²) < 4.78 is 38.2. The molecule has 0 saturated heterocycles. The standard InChI is InChI=1S/C18H28FN3O2S/c1-13-10-14(2)12-15(11-13)22-18(20-3)21-8-9-25(23,24)17-7-5-4-6-16(17)19/h4-7,13-15H,8-12H2,1-3H3,(H2,20,21,22). The van der Waals surface area contributed by atoms with Gasteiger partial charge in [-0.05, 0) is 43.2 Å². The van der Waals surface area contributed by atoms with Gasteiger partial charge in [0.25, 0.3) is 0 Å². The third-order valence-electron chi connectivity index (χ3n) is 4.58. The molecule has 0 amide bonds. The molecule has 5 nitrogen and oxygen atoms in total. The summed E-state index contributed by atoms with van der Waals surface area (Å²) in [7, 11) is -2.00. The van der Waals surface area contributed by atoms with Gasteiger partial charge in [-0.2, -0.15) is 0 Å². The topological polar surface area (TPSA) is 70.6 Å². The molecule has 25 heavy (non-hydrogen) atoms. The molecule has 1 fully saturated rings. The van der Waals surface area contributed by atoms with Gasteiger partial charge in [0.05, 0.1) is 5.75 Å². The first-order valence-electron chi connectivity index (χ1n) is 8.76. The Hall–Kier alpha value is -1.63. The third-order valence-corrected chi connectivity index (χ3v) is 6.32. The summed E-state index contributed by atoms with van der Waals surface area (Å²) in [6.45, 7) is 4.68. The molecule has 1 aromatic carbocycles. The van der Waals surface area contributed by atoms with Crippen molar-refractivity contribution in [2.75, 3.05) is 19.3 Å². The molecule has 1 aromatic rings. The van der Waals surface area contributed by atoms with Crippen LogP contribution in [-0.2, 0) is 9.84 Å². The highest BCUT2D eigenvalue weighted by Gasteiger charge is 2.24. The van der Waals surface area contributed by atoms with Crippen molar-refractivity contribution in [1.82, 2.24) is 10.6 Å². The van der Waals surface area contributed by atoms with Crippen LogP contribution >= 0.6 is 0 Å². The Morgan fingerprint density at radius 1 is 1.20 bits per heavy atom. The van der Waals surface area contributed by atoms with Crippen LogP contribution in [0.25, 0.3) is 0 Å². The third kappa shape index (κ3) is 5.70. The van der Waals surface area contributed by atoms with Crippen LogP contribution in [0.15, 0.2) is 34.2 Å². The fourth-order valence-corrected chi connectivity index (χ4v) is 4.81. The van der Waals surface area contributed by atoms with Crippen molar-refractivity contribution in [3.63, 3.8) is 0 Å². The van der Waals surface area contributed by atoms with E-state index in [0.29, 0.717) is 23.8 Å². The lowest BCUT2D eigenvalue weighted by atomic mass is 9.80. The molecule has 1 aliphatic carbocycles. The number of rotatable bonds is 5. The van der Waals surface area contributed by atoms with Gasteiger partial charge in [-0.15, -0.1) is 0 Å². The molecule has 2 rings (SSSR count). The molecule has 0 bridgehead atoms. The minimum absolute atomic E-state index is 0.175. The summed E-state index contributed by atoms with van der Waals surface area (Å²) in [5, 5.41) is 6.40. The van der Waals surface area contributed by atoms with Gasteiger partial charge in [-0.25, -0.2) is 12.8 Å². The number of sulfone groups is 1. The molecule has 7 heteroatoms. The second kappa shape index (κ2) is 8.65. The number of hydrogen-bond donors (Lipinski definition) is 2. The smallest absolute Gasteiger partial charge is 0.191 e. The van der Waals surface area contributed by atoms with E-state index >= 15 is 0 Å². The number of hydrogen-bond acceptors (Lipinski definition) is 3. The van der Waals surface area contributed by atoms with E-state index in [2.05, 4.69) is 29.5 Å². The van der Waals surface area contributed by atoms with E-state index in [0.717, 1.165) is 18.9 Å². The molecule has 2 N–H and O–H groups in total. The first kappa shape index (κ1) is 19.7. The Kier molecular flexibility index (Phi) is 6.81. The maximum atomic E-state index is 13.7. The van der Waals surface area contributed by atoms with Gasteiger partial charge in [0.2, 0.25) is 0 Å². The molecule has 0 aliphatic heterocycles. The van der Waals surface area contributed by atoms with Gasteiger partial charge >= 0.3 is 0 Å². The predicted molar refractivity (Wildman–Crippen MR) is 98.9 cm³/mol. The van der Waals surface area contributed by atoms with E-state index in [9.17, 15) is 12.8 Å². The Morgan fingerprint density at radius 2 is 1.84 bits per heavy atom. The van der Waals surface area contributed by atoms with Gasteiger partial charge in [-0.1, -0.05) is 26.0 Å². The normalized spacial score (nSPS) is 24.8. The number of nitrogens with one attached hydrogen (secondary N) is 2. The Bertz CT molecular complexity index is 696. The lowest BCUT2D eigenvalue weighted by molar-refractivity contribution is 0.255. The van der Waals surface area contributed by atoms with Gasteiger partial charge in [-0.3, -0.25) is 4.99 Å². The second-order valence-corrected chi connectivity index (χ2v) is 9.08. The maximum absolute atomic E-state index is 13.7. The van der Waals surface area contributed by atoms with Gasteiger partial charge in [0.1, 0.15) is 10.7 Å². The number of halogens is 1. The van der Waals surface area contributed by atoms with Crippen LogP contribution < -0.4 is 10.6 Å². The van der Waals surface area contributed by atoms with Crippen LogP contribution in [0.2, 0.25) is 0 Å². The molecule has 0 aromatic heterocycles. The van der Waals surface area contributed by atoms with E-state index in [4.69, 9.17) is 0 Å². The molecule has 1 aliphatic rings. The van der Waals surface area contributed by atoms with E-state index in [1.54, 1.807) is 7.05 Å². The summed E-state index contributed by atoms with van der Waals surface area (Å²) in [5.74, 6) is 1.03. The van der Waals surface area contributed by atoms with Crippen LogP contribution in [-0.4, -0.2) is 39.8 Å². The zero-order chi connectivity index (χ0) is 18.4. The number of aliphatic imine (C=N–C) groups is 1. The molecule has 0 radical (unpaired) electrons. The highest BCUT2D eigenvalue weighted by Crippen LogP contribution is 2.28. The van der Waals surface area contributed by atoms with Crippen molar-refractivity contribution in [1.29, 1.82) is 0 Å². The van der Waals surface area contributed by atoms with Crippen molar-refractivity contribution < 1.29 is 12.8 Å². The predicted octanol–water partition coefficient (Wildman–Crippen LogP) is 2.59. The highest BCUT2D eigenvalue weighted by molar-refractivity contribution is 7.91. The molecule has 0 spiro atoms. The van der Waals surface area contributed by atoms with Crippen molar-refractivity contribution in [3.05, 3.63) is 30.1 Å². The summed E-state index contributed by atoms with van der Waals surface area (Å²) in [4.78, 5) is 3.91. The Labute approximate surface area is 150 Å². The highest BCUT2D eigenvalue weighted by atomic mass is 32.2. The van der Waals surface area contributed by atoms with Crippen molar-refractivity contribution in [3.8, 4) is 0 Å². The van der Waals surface area contributed by atoms with Crippen molar-refractivity contribution >= 4 is 15.8 Å². The minimum atomic E-state index is -3.67. The van der Waals surface area contributed by atoms with Crippen LogP contribution in [0.3, 0.4) is 0 Å². The fourth-order valence-electron chi connectivity index (χ4n) is 3.56. The maximum Gasteiger partial charge on any atom is 0.191 e. The van der Waals surface area contributed by atoms with Crippen LogP contribution in [0, 0.1) is 17.7 Å². The average Bonchev–Trinajstić information content (AvgIpc) is 2.53. The van der Waals surface area contributed by atoms with E-state index in [-0.39, 0.29) is 17.2 Å². The van der Waals surface area contributed by atoms with Crippen molar-refractivity contribution in [2.24, 2.45) is 16.8 Å². The number of guanidine groups is 1. The van der Waals surface area contributed by atoms with Crippen LogP contribution in [0.1, 0.15) is 33.1 Å². The largest absolute Gasteiger partial charge is 0.355 e. The quantitative estimate of drug-likeness (QED) is 0.618. The van der Waals surface area contributed by atoms with E-state index in [1.807, 2.05) is 0 Å². The van der Waals surface area contributed by atoms with E-state index < -0.39 is 15.7 Å². The lowest BCUT2D eigenvalue weighted by Gasteiger charge is -2.32. The van der Waals surface area contributed by atoms with Gasteiger partial charge in [0.15, 0.2) is 15.8 Å². The first-order chi connectivity index (χ1) is 11.8. The first-order valence-corrected chi connectivity index (χ1v) is 10.4. The fraction of sp³-hybridized carbons (Fsp3) is 0.611. The molecule has 1 saturated carbocycles. The molecule has 2 atom stereocenters. The zero-order valence-corrected chi connectivity index (χ0v) is 15.9. The summed E-state index contributed by atoms with van der Waals surface area (Å²) in [6.07, 6.45) is 3.40. The summed E-state index contributed by atoms with van der Waals surface area (Å²) in [6, 6.07) is 5.79. The zero-order valence-electron chi connectivity index (χ0n) is 15.1. The molecule has 2 unspecified atom stereocenters. The monoisotopic (exact) mass is 369 g/mol. The Morgan fingerprint density at radius 3 is 2.44 bits per heavy atom. The minimum Gasteiger partial charge on any atom is -0.355 e. The Balaban J connectivity index is 1.88. The average molecular weight is 370 g/mol. The van der Waals surface area contributed by atoms with Crippen molar-refractivity contribution in [2.45, 2.75) is 44.0 Å². The van der Waals surface area contributed by atoms with E-state index in [1.165, 1.54) is 24.6 Å². The summed E-state index contributed by atoms with van der Waals surface area (Å²) >= 11 is 0. The second-order valence-electron chi connectivity index (χ2n) is 7.01. The SMILES string of the molecule is CN=C(NCCS(=O)(=O)c1ccccc1F)NC1CC(C)CC(C)C1. The van der Waals surface area contributed by atoms with Gasteiger partial charge in [0, 0.05) is 19.6 Å². The molecule has 140 valence electrons. The molecule has 0 heterocycles. The van der Waals surface area contributed by atoms with Gasteiger partial charge < -0.3 is 10.6 Å². The number of nitrogens with zero attached hydrogens (tertiary/aromatic N) is 1. The van der Waals surface area contributed by atoms with Crippen LogP contribution in [0.4, 0.5) is 4.39 Å². The lowest BCUT2D eigenvalue weighted by Crippen LogP contribution is -2.47. The summed E-state index contributed by atoms with van der Waals surface area (Å²) in [5.41, 5.74) is 0. The number of benzene rings is 1. The van der Waals surface area contributed by atoms with Crippen LogP contribution in [0.5, 0.6) is 0 Å².